The van der Waals surface area contributed by atoms with Crippen LogP contribution in [0, 0.1) is 0 Å². The van der Waals surface area contributed by atoms with Gasteiger partial charge in [-0.1, -0.05) is 37.3 Å². The molecular formula is C12H17NO. The van der Waals surface area contributed by atoms with Crippen molar-refractivity contribution in [1.29, 1.82) is 0 Å². The fraction of sp³-hybridized carbons (Fsp3) is 0.500. The highest BCUT2D eigenvalue weighted by Gasteiger charge is 2.24. The number of benzene rings is 1. The molecule has 1 saturated heterocycles. The lowest BCUT2D eigenvalue weighted by Gasteiger charge is -2.19. The molecule has 0 bridgehead atoms. The molecule has 1 aliphatic heterocycles. The molecule has 1 fully saturated rings. The minimum absolute atomic E-state index is 0.499. The van der Waals surface area contributed by atoms with E-state index < -0.39 is 0 Å². The van der Waals surface area contributed by atoms with Crippen LogP contribution in [0.1, 0.15) is 12.5 Å². The van der Waals surface area contributed by atoms with E-state index in [1.54, 1.807) is 0 Å². The van der Waals surface area contributed by atoms with Crippen LogP contribution < -0.4 is 0 Å². The number of hydrogen-bond donors (Lipinski definition) is 0. The van der Waals surface area contributed by atoms with Crippen molar-refractivity contribution in [2.24, 2.45) is 0 Å². The van der Waals surface area contributed by atoms with Crippen molar-refractivity contribution in [2.45, 2.75) is 19.6 Å². The number of rotatable bonds is 5. The Morgan fingerprint density at radius 1 is 1.36 bits per heavy atom. The summed E-state index contributed by atoms with van der Waals surface area (Å²) in [5, 5.41) is 0. The van der Waals surface area contributed by atoms with Crippen LogP contribution >= 0.6 is 0 Å². The van der Waals surface area contributed by atoms with Crippen LogP contribution in [0.2, 0.25) is 0 Å². The molecule has 2 heteroatoms. The standard InChI is InChI=1S/C12H17NO/c1-2-13(9-12-10-14-12)8-11-6-4-3-5-7-11/h3-7,12H,2,8-10H2,1H3/t12-/m0/s1. The van der Waals surface area contributed by atoms with Crippen molar-refractivity contribution in [1.82, 2.24) is 4.90 Å². The highest BCUT2D eigenvalue weighted by molar-refractivity contribution is 5.14. The summed E-state index contributed by atoms with van der Waals surface area (Å²) >= 11 is 0. The van der Waals surface area contributed by atoms with Crippen LogP contribution in [-0.4, -0.2) is 30.7 Å². The van der Waals surface area contributed by atoms with Crippen molar-refractivity contribution in [3.8, 4) is 0 Å². The number of hydrogen-bond acceptors (Lipinski definition) is 2. The minimum atomic E-state index is 0.499. The Bertz CT molecular complexity index is 269. The first-order valence-electron chi connectivity index (χ1n) is 5.26. The van der Waals surface area contributed by atoms with Gasteiger partial charge in [0, 0.05) is 13.1 Å². The Morgan fingerprint density at radius 2 is 2.07 bits per heavy atom. The summed E-state index contributed by atoms with van der Waals surface area (Å²) in [7, 11) is 0. The second-order valence-electron chi connectivity index (χ2n) is 3.77. The zero-order chi connectivity index (χ0) is 9.80. The minimum Gasteiger partial charge on any atom is -0.372 e. The van der Waals surface area contributed by atoms with Gasteiger partial charge in [-0.3, -0.25) is 4.90 Å². The van der Waals surface area contributed by atoms with Gasteiger partial charge >= 0.3 is 0 Å². The number of epoxide rings is 1. The predicted molar refractivity (Wildman–Crippen MR) is 57.1 cm³/mol. The molecule has 1 aliphatic rings. The topological polar surface area (TPSA) is 15.8 Å². The third-order valence-electron chi connectivity index (χ3n) is 2.56. The molecule has 0 aromatic heterocycles. The van der Waals surface area contributed by atoms with Gasteiger partial charge in [-0.15, -0.1) is 0 Å². The number of nitrogens with zero attached hydrogens (tertiary/aromatic N) is 1. The van der Waals surface area contributed by atoms with Gasteiger partial charge in [0.15, 0.2) is 0 Å². The Kier molecular flexibility index (Phi) is 3.17. The third kappa shape index (κ3) is 2.82. The molecule has 0 spiro atoms. The lowest BCUT2D eigenvalue weighted by Crippen LogP contribution is -2.27. The van der Waals surface area contributed by atoms with Crippen LogP contribution in [0.3, 0.4) is 0 Å². The Balaban J connectivity index is 1.87. The predicted octanol–water partition coefficient (Wildman–Crippen LogP) is 1.91. The molecule has 1 heterocycles. The molecule has 0 saturated carbocycles. The average molecular weight is 191 g/mol. The summed E-state index contributed by atoms with van der Waals surface area (Å²) in [6.07, 6.45) is 0.499. The molecule has 1 atom stereocenters. The van der Waals surface area contributed by atoms with Gasteiger partial charge in [0.05, 0.1) is 12.7 Å². The van der Waals surface area contributed by atoms with Gasteiger partial charge in [0.2, 0.25) is 0 Å². The van der Waals surface area contributed by atoms with Crippen LogP contribution in [-0.2, 0) is 11.3 Å². The van der Waals surface area contributed by atoms with Gasteiger partial charge in [-0.25, -0.2) is 0 Å². The summed E-state index contributed by atoms with van der Waals surface area (Å²) in [6.45, 7) is 6.36. The second-order valence-corrected chi connectivity index (χ2v) is 3.77. The van der Waals surface area contributed by atoms with Gasteiger partial charge in [-0.2, -0.15) is 0 Å². The van der Waals surface area contributed by atoms with Gasteiger partial charge in [0.1, 0.15) is 0 Å². The molecule has 1 aromatic carbocycles. The first kappa shape index (κ1) is 9.69. The molecule has 2 nitrogen and oxygen atoms in total. The monoisotopic (exact) mass is 191 g/mol. The lowest BCUT2D eigenvalue weighted by molar-refractivity contribution is 0.245. The fourth-order valence-electron chi connectivity index (χ4n) is 1.61. The van der Waals surface area contributed by atoms with E-state index in [2.05, 4.69) is 42.2 Å². The normalized spacial score (nSPS) is 20.0. The van der Waals surface area contributed by atoms with Crippen molar-refractivity contribution in [3.05, 3.63) is 35.9 Å². The lowest BCUT2D eigenvalue weighted by atomic mass is 10.2. The zero-order valence-electron chi connectivity index (χ0n) is 8.65. The Labute approximate surface area is 85.5 Å². The molecular weight excluding hydrogens is 174 g/mol. The van der Waals surface area contributed by atoms with Crippen LogP contribution in [0.25, 0.3) is 0 Å². The summed E-state index contributed by atoms with van der Waals surface area (Å²) in [4.78, 5) is 2.42. The zero-order valence-corrected chi connectivity index (χ0v) is 8.65. The molecule has 0 N–H and O–H groups in total. The summed E-state index contributed by atoms with van der Waals surface area (Å²) in [5.41, 5.74) is 1.38. The average Bonchev–Trinajstić information content (AvgIpc) is 3.02. The Morgan fingerprint density at radius 3 is 2.64 bits per heavy atom. The van der Waals surface area contributed by atoms with E-state index in [9.17, 15) is 0 Å². The largest absolute Gasteiger partial charge is 0.372 e. The van der Waals surface area contributed by atoms with Gasteiger partial charge in [0.25, 0.3) is 0 Å². The van der Waals surface area contributed by atoms with Gasteiger partial charge in [-0.05, 0) is 12.1 Å². The highest BCUT2D eigenvalue weighted by Crippen LogP contribution is 2.12. The summed E-state index contributed by atoms with van der Waals surface area (Å²) in [6, 6.07) is 10.6. The van der Waals surface area contributed by atoms with Crippen molar-refractivity contribution >= 4 is 0 Å². The van der Waals surface area contributed by atoms with E-state index in [0.717, 1.165) is 26.2 Å². The quantitative estimate of drug-likeness (QED) is 0.661. The van der Waals surface area contributed by atoms with Crippen molar-refractivity contribution in [3.63, 3.8) is 0 Å². The fourth-order valence-corrected chi connectivity index (χ4v) is 1.61. The van der Waals surface area contributed by atoms with E-state index in [0.29, 0.717) is 6.10 Å². The maximum absolute atomic E-state index is 5.24. The molecule has 0 aliphatic carbocycles. The molecule has 0 unspecified atom stereocenters. The van der Waals surface area contributed by atoms with E-state index in [-0.39, 0.29) is 0 Å². The molecule has 1 aromatic rings. The van der Waals surface area contributed by atoms with Crippen molar-refractivity contribution < 1.29 is 4.74 Å². The van der Waals surface area contributed by atoms with Crippen LogP contribution in [0.4, 0.5) is 0 Å². The molecule has 0 amide bonds. The maximum atomic E-state index is 5.24. The summed E-state index contributed by atoms with van der Waals surface area (Å²) in [5.74, 6) is 0. The van der Waals surface area contributed by atoms with Crippen molar-refractivity contribution in [2.75, 3.05) is 19.7 Å². The van der Waals surface area contributed by atoms with E-state index in [1.165, 1.54) is 5.56 Å². The van der Waals surface area contributed by atoms with Crippen LogP contribution in [0.5, 0.6) is 0 Å². The highest BCUT2D eigenvalue weighted by atomic mass is 16.6. The van der Waals surface area contributed by atoms with Crippen LogP contribution in [0.15, 0.2) is 30.3 Å². The first-order valence-corrected chi connectivity index (χ1v) is 5.26. The molecule has 2 rings (SSSR count). The molecule has 0 radical (unpaired) electrons. The maximum Gasteiger partial charge on any atom is 0.0936 e. The third-order valence-corrected chi connectivity index (χ3v) is 2.56. The first-order chi connectivity index (χ1) is 6.88. The summed E-state index contributed by atoms with van der Waals surface area (Å²) < 4.78 is 5.24. The number of ether oxygens (including phenoxy) is 1. The number of likely N-dealkylation sites (N-methyl/N-ethyl adjacent to an activating group) is 1. The molecule has 76 valence electrons. The second kappa shape index (κ2) is 4.58. The van der Waals surface area contributed by atoms with E-state index >= 15 is 0 Å². The van der Waals surface area contributed by atoms with E-state index in [4.69, 9.17) is 4.74 Å². The Hall–Kier alpha value is -0.860. The smallest absolute Gasteiger partial charge is 0.0936 e. The molecule has 14 heavy (non-hydrogen) atoms. The van der Waals surface area contributed by atoms with Gasteiger partial charge < -0.3 is 4.74 Å². The van der Waals surface area contributed by atoms with E-state index in [1.807, 2.05) is 0 Å². The SMILES string of the molecule is CCN(Cc1ccccc1)C[C@H]1CO1.